The van der Waals surface area contributed by atoms with Crippen LogP contribution in [0.25, 0.3) is 0 Å². The maximum absolute atomic E-state index is 12.9. The molecule has 0 aliphatic carbocycles. The van der Waals surface area contributed by atoms with Crippen LogP contribution in [0.4, 0.5) is 0 Å². The molecule has 194 valence electrons. The number of carbonyl (C=O) groups excluding carboxylic acids is 2. The molecule has 1 atom stereocenters. The van der Waals surface area contributed by atoms with E-state index in [0.717, 1.165) is 5.56 Å². The number of carbonyl (C=O) groups is 2. The van der Waals surface area contributed by atoms with E-state index in [1.165, 1.54) is 25.8 Å². The van der Waals surface area contributed by atoms with Gasteiger partial charge in [0.2, 0.25) is 20.1 Å². The summed E-state index contributed by atoms with van der Waals surface area (Å²) in [5.41, 5.74) is 1.84. The number of aromatic nitrogens is 2. The summed E-state index contributed by atoms with van der Waals surface area (Å²) in [6.07, 6.45) is 0. The van der Waals surface area contributed by atoms with Crippen molar-refractivity contribution in [2.24, 2.45) is 0 Å². The third kappa shape index (κ3) is 7.00. The predicted octanol–water partition coefficient (Wildman–Crippen LogP) is 4.98. The van der Waals surface area contributed by atoms with Gasteiger partial charge in [0.25, 0.3) is 0 Å². The highest BCUT2D eigenvalue weighted by Gasteiger charge is 2.40. The highest BCUT2D eigenvalue weighted by molar-refractivity contribution is 7.98. The number of esters is 1. The second-order valence-corrected chi connectivity index (χ2v) is 15.6. The van der Waals surface area contributed by atoms with Gasteiger partial charge in [0.1, 0.15) is 17.5 Å². The molecule has 0 saturated carbocycles. The molecule has 2 aromatic rings. The number of benzene rings is 1. The number of hydrogen-bond acceptors (Lipinski definition) is 9. The van der Waals surface area contributed by atoms with Crippen LogP contribution in [0.1, 0.15) is 66.9 Å². The monoisotopic (exact) mass is 523 g/mol. The van der Waals surface area contributed by atoms with E-state index in [1.807, 2.05) is 13.0 Å². The molecule has 2 rings (SSSR count). The Morgan fingerprint density at radius 3 is 2.34 bits per heavy atom. The fraction of sp³-hybridized carbons (Fsp3) is 0.583. The van der Waals surface area contributed by atoms with Gasteiger partial charge in [0, 0.05) is 35.6 Å². The fourth-order valence-electron chi connectivity index (χ4n) is 3.19. The molecule has 0 spiro atoms. The first-order chi connectivity index (χ1) is 16.2. The summed E-state index contributed by atoms with van der Waals surface area (Å²) in [5.74, 6) is 2.22. The van der Waals surface area contributed by atoms with Gasteiger partial charge in [-0.2, -0.15) is 16.7 Å². The lowest BCUT2D eigenvalue weighted by molar-refractivity contribution is -0.119. The number of nitrogens with one attached hydrogen (secondary N) is 1. The molecule has 0 fully saturated rings. The molecule has 0 aliphatic heterocycles. The van der Waals surface area contributed by atoms with Gasteiger partial charge in [-0.3, -0.25) is 4.79 Å². The molecule has 1 aromatic carbocycles. The van der Waals surface area contributed by atoms with E-state index < -0.39 is 20.3 Å². The molecule has 1 heterocycles. The molecule has 1 amide bonds. The molecular weight excluding hydrogens is 486 g/mol. The smallest absolute Gasteiger partial charge is 0.338 e. The van der Waals surface area contributed by atoms with Crippen molar-refractivity contribution in [3.63, 3.8) is 0 Å². The van der Waals surface area contributed by atoms with Gasteiger partial charge in [-0.25, -0.2) is 4.79 Å². The van der Waals surface area contributed by atoms with E-state index in [-0.39, 0.29) is 10.9 Å². The van der Waals surface area contributed by atoms with Gasteiger partial charge >= 0.3 is 5.97 Å². The molecule has 0 aliphatic rings. The SMILES string of the molecule is COC(=O)c1c(C)c(OC)cc(O[Si](C)(C)C(C)(C)C)c1CSC[C@H](NC(C)=O)c1nc(C)no1. The first-order valence-electron chi connectivity index (χ1n) is 11.3. The average molecular weight is 524 g/mol. The maximum atomic E-state index is 12.9. The minimum absolute atomic E-state index is 0.0483. The standard InChI is InChI=1S/C24H37N3O6SSi/c1-14-19(30-7)11-20(33-35(9,10)24(4,5)6)17(21(14)23(29)31-8)12-34-13-18(26-16(3)28)22-25-15(2)27-32-22/h11,18H,12-13H2,1-10H3,(H,26,28)/t18-/m0/s1. The molecule has 0 bridgehead atoms. The highest BCUT2D eigenvalue weighted by Crippen LogP contribution is 2.42. The van der Waals surface area contributed by atoms with E-state index in [1.54, 1.807) is 14.0 Å². The number of thioether (sulfide) groups is 1. The van der Waals surface area contributed by atoms with E-state index in [2.05, 4.69) is 49.3 Å². The second-order valence-electron chi connectivity index (χ2n) is 9.86. The lowest BCUT2D eigenvalue weighted by atomic mass is 10.0. The Bertz CT molecular complexity index is 1060. The van der Waals surface area contributed by atoms with Gasteiger partial charge < -0.3 is 23.7 Å². The number of rotatable bonds is 10. The number of amides is 1. The van der Waals surface area contributed by atoms with Crippen LogP contribution >= 0.6 is 11.8 Å². The van der Waals surface area contributed by atoms with Crippen LogP contribution in [0.5, 0.6) is 11.5 Å². The van der Waals surface area contributed by atoms with Crippen LogP contribution in [-0.4, -0.2) is 50.3 Å². The average Bonchev–Trinajstić information content (AvgIpc) is 3.19. The quantitative estimate of drug-likeness (QED) is 0.340. The second kappa shape index (κ2) is 11.5. The van der Waals surface area contributed by atoms with Crippen molar-refractivity contribution in [1.82, 2.24) is 15.5 Å². The van der Waals surface area contributed by atoms with Crippen LogP contribution in [0.15, 0.2) is 10.6 Å². The zero-order valence-corrected chi connectivity index (χ0v) is 24.1. The van der Waals surface area contributed by atoms with Crippen molar-refractivity contribution in [2.45, 2.75) is 71.5 Å². The first kappa shape index (κ1) is 28.7. The number of methoxy groups -OCH3 is 2. The van der Waals surface area contributed by atoms with E-state index in [0.29, 0.717) is 45.8 Å². The summed E-state index contributed by atoms with van der Waals surface area (Å²) in [7, 11) is 0.688. The van der Waals surface area contributed by atoms with E-state index in [9.17, 15) is 9.59 Å². The summed E-state index contributed by atoms with van der Waals surface area (Å²) in [6.45, 7) is 15.8. The Kier molecular flexibility index (Phi) is 9.40. The van der Waals surface area contributed by atoms with Crippen molar-refractivity contribution >= 4 is 32.0 Å². The number of nitrogens with zero attached hydrogens (tertiary/aromatic N) is 2. The summed E-state index contributed by atoms with van der Waals surface area (Å²) in [6, 6.07) is 1.38. The summed E-state index contributed by atoms with van der Waals surface area (Å²) < 4.78 is 22.6. The van der Waals surface area contributed by atoms with Gasteiger partial charge in [-0.1, -0.05) is 25.9 Å². The Morgan fingerprint density at radius 1 is 1.20 bits per heavy atom. The van der Waals surface area contributed by atoms with Crippen LogP contribution in [0.2, 0.25) is 18.1 Å². The lowest BCUT2D eigenvalue weighted by Crippen LogP contribution is -2.44. The number of ether oxygens (including phenoxy) is 2. The third-order valence-corrected chi connectivity index (χ3v) is 11.5. The molecule has 1 N–H and O–H groups in total. The van der Waals surface area contributed by atoms with E-state index in [4.69, 9.17) is 18.4 Å². The molecule has 1 aromatic heterocycles. The predicted molar refractivity (Wildman–Crippen MR) is 139 cm³/mol. The van der Waals surface area contributed by atoms with Crippen LogP contribution in [-0.2, 0) is 15.3 Å². The Hall–Kier alpha value is -2.53. The zero-order chi connectivity index (χ0) is 26.6. The zero-order valence-electron chi connectivity index (χ0n) is 22.3. The third-order valence-electron chi connectivity index (χ3n) is 6.14. The first-order valence-corrected chi connectivity index (χ1v) is 15.4. The Balaban J connectivity index is 2.48. The molecule has 9 nitrogen and oxygen atoms in total. The fourth-order valence-corrected chi connectivity index (χ4v) is 5.30. The van der Waals surface area contributed by atoms with Crippen molar-refractivity contribution < 1.29 is 28.0 Å². The summed E-state index contributed by atoms with van der Waals surface area (Å²) in [5, 5.41) is 6.64. The van der Waals surface area contributed by atoms with Crippen molar-refractivity contribution in [2.75, 3.05) is 20.0 Å². The molecule has 0 radical (unpaired) electrons. The summed E-state index contributed by atoms with van der Waals surface area (Å²) >= 11 is 1.52. The maximum Gasteiger partial charge on any atom is 0.338 e. The molecule has 35 heavy (non-hydrogen) atoms. The Morgan fingerprint density at radius 2 is 1.86 bits per heavy atom. The largest absolute Gasteiger partial charge is 0.543 e. The Labute approximate surface area is 212 Å². The minimum Gasteiger partial charge on any atom is -0.543 e. The van der Waals surface area contributed by atoms with Gasteiger partial charge in [-0.05, 0) is 32.0 Å². The normalized spacial score (nSPS) is 12.7. The van der Waals surface area contributed by atoms with Crippen molar-refractivity contribution in [3.8, 4) is 11.5 Å². The molecule has 11 heteroatoms. The minimum atomic E-state index is -2.24. The molecule has 0 unspecified atom stereocenters. The summed E-state index contributed by atoms with van der Waals surface area (Å²) in [4.78, 5) is 28.9. The van der Waals surface area contributed by atoms with Gasteiger partial charge in [-0.15, -0.1) is 0 Å². The van der Waals surface area contributed by atoms with Crippen LogP contribution in [0.3, 0.4) is 0 Å². The van der Waals surface area contributed by atoms with Crippen LogP contribution in [0, 0.1) is 13.8 Å². The van der Waals surface area contributed by atoms with Crippen molar-refractivity contribution in [1.29, 1.82) is 0 Å². The highest BCUT2D eigenvalue weighted by atomic mass is 32.2. The number of hydrogen-bond donors (Lipinski definition) is 1. The topological polar surface area (TPSA) is 113 Å². The molecule has 0 saturated heterocycles. The lowest BCUT2D eigenvalue weighted by Gasteiger charge is -2.37. The molecular formula is C24H37N3O6SSi. The number of aryl methyl sites for hydroxylation is 1. The van der Waals surface area contributed by atoms with Gasteiger partial charge in [0.05, 0.1) is 19.8 Å². The van der Waals surface area contributed by atoms with Crippen LogP contribution < -0.4 is 14.5 Å². The van der Waals surface area contributed by atoms with E-state index >= 15 is 0 Å². The van der Waals surface area contributed by atoms with Gasteiger partial charge in [0.15, 0.2) is 5.82 Å². The van der Waals surface area contributed by atoms with Crippen molar-refractivity contribution in [3.05, 3.63) is 34.5 Å².